The van der Waals surface area contributed by atoms with Crippen LogP contribution in [-0.4, -0.2) is 19.9 Å². The molecular formula is C12H10N4. The number of aromatic nitrogens is 4. The van der Waals surface area contributed by atoms with Crippen LogP contribution in [0.15, 0.2) is 61.7 Å². The number of rotatable bonds is 0. The second kappa shape index (κ2) is 5.50. The van der Waals surface area contributed by atoms with Crippen molar-refractivity contribution in [3.05, 3.63) is 61.7 Å². The Kier molecular flexibility index (Phi) is 3.50. The average molecular weight is 210 g/mol. The number of benzene rings is 1. The summed E-state index contributed by atoms with van der Waals surface area (Å²) in [7, 11) is 0. The summed E-state index contributed by atoms with van der Waals surface area (Å²) in [6.07, 6.45) is 7.99. The Morgan fingerprint density at radius 1 is 0.625 bits per heavy atom. The lowest BCUT2D eigenvalue weighted by atomic mass is 10.2. The maximum atomic E-state index is 4.01. The van der Waals surface area contributed by atoms with Crippen LogP contribution in [0.2, 0.25) is 0 Å². The fourth-order valence-electron chi connectivity index (χ4n) is 1.23. The van der Waals surface area contributed by atoms with Crippen LogP contribution >= 0.6 is 0 Å². The standard InChI is InChI=1S/C9H7N.C3H3N3/c1-2-4-9-7-10-6-5-8(9)3-1;1-4-2-6-3-5-1/h1-7H;1-3H. The number of pyridine rings is 1. The van der Waals surface area contributed by atoms with Gasteiger partial charge in [-0.3, -0.25) is 4.98 Å². The molecule has 16 heavy (non-hydrogen) atoms. The monoisotopic (exact) mass is 210 g/mol. The molecule has 0 atom stereocenters. The van der Waals surface area contributed by atoms with Crippen LogP contribution in [0.1, 0.15) is 0 Å². The van der Waals surface area contributed by atoms with Gasteiger partial charge >= 0.3 is 0 Å². The lowest BCUT2D eigenvalue weighted by molar-refractivity contribution is 1.05. The first-order chi connectivity index (χ1) is 7.97. The van der Waals surface area contributed by atoms with Gasteiger partial charge in [0.25, 0.3) is 0 Å². The molecule has 1 aromatic carbocycles. The molecule has 4 nitrogen and oxygen atoms in total. The molecule has 2 heterocycles. The molecule has 0 amide bonds. The molecule has 0 aliphatic rings. The van der Waals surface area contributed by atoms with Gasteiger partial charge in [0.15, 0.2) is 0 Å². The van der Waals surface area contributed by atoms with Crippen molar-refractivity contribution in [3.8, 4) is 0 Å². The third-order valence-electron chi connectivity index (χ3n) is 1.95. The van der Waals surface area contributed by atoms with Crippen LogP contribution in [0.3, 0.4) is 0 Å². The zero-order chi connectivity index (χ0) is 11.1. The molecule has 3 aromatic rings. The first-order valence-corrected chi connectivity index (χ1v) is 4.80. The van der Waals surface area contributed by atoms with E-state index in [2.05, 4.69) is 32.1 Å². The van der Waals surface area contributed by atoms with Gasteiger partial charge in [-0.1, -0.05) is 24.3 Å². The van der Waals surface area contributed by atoms with Crippen molar-refractivity contribution in [1.29, 1.82) is 0 Å². The predicted molar refractivity (Wildman–Crippen MR) is 61.6 cm³/mol. The van der Waals surface area contributed by atoms with Crippen LogP contribution in [0.5, 0.6) is 0 Å². The highest BCUT2D eigenvalue weighted by atomic mass is 14.9. The van der Waals surface area contributed by atoms with Gasteiger partial charge < -0.3 is 0 Å². The molecule has 78 valence electrons. The Morgan fingerprint density at radius 2 is 1.25 bits per heavy atom. The Hall–Kier alpha value is -2.36. The molecule has 0 N–H and O–H groups in total. The Balaban J connectivity index is 0.000000138. The first-order valence-electron chi connectivity index (χ1n) is 4.80. The van der Waals surface area contributed by atoms with E-state index in [0.29, 0.717) is 0 Å². The van der Waals surface area contributed by atoms with Gasteiger partial charge in [0.1, 0.15) is 19.0 Å². The van der Waals surface area contributed by atoms with Crippen LogP contribution < -0.4 is 0 Å². The Bertz CT molecular complexity index is 447. The van der Waals surface area contributed by atoms with Gasteiger partial charge in [0.2, 0.25) is 0 Å². The molecule has 3 rings (SSSR count). The molecule has 0 unspecified atom stereocenters. The molecule has 0 bridgehead atoms. The van der Waals surface area contributed by atoms with Gasteiger partial charge in [-0.25, -0.2) is 15.0 Å². The topological polar surface area (TPSA) is 51.6 Å². The summed E-state index contributed by atoms with van der Waals surface area (Å²) in [4.78, 5) is 14.7. The smallest absolute Gasteiger partial charge is 0.119 e. The minimum atomic E-state index is 1.20. The minimum Gasteiger partial charge on any atom is -0.264 e. The molecule has 0 aliphatic heterocycles. The summed E-state index contributed by atoms with van der Waals surface area (Å²) in [6.45, 7) is 0. The van der Waals surface area contributed by atoms with E-state index in [4.69, 9.17) is 0 Å². The molecule has 0 spiro atoms. The van der Waals surface area contributed by atoms with Gasteiger partial charge in [0, 0.05) is 12.4 Å². The van der Waals surface area contributed by atoms with E-state index in [1.807, 2.05) is 30.6 Å². The Labute approximate surface area is 93.1 Å². The van der Waals surface area contributed by atoms with Crippen molar-refractivity contribution < 1.29 is 0 Å². The van der Waals surface area contributed by atoms with E-state index in [9.17, 15) is 0 Å². The summed E-state index contributed by atoms with van der Waals surface area (Å²) in [5, 5.41) is 2.45. The normalized spacial score (nSPS) is 9.25. The number of hydrogen-bond donors (Lipinski definition) is 0. The molecule has 0 fully saturated rings. The molecule has 4 heteroatoms. The van der Waals surface area contributed by atoms with Crippen molar-refractivity contribution in [1.82, 2.24) is 19.9 Å². The van der Waals surface area contributed by atoms with Crippen molar-refractivity contribution in [2.75, 3.05) is 0 Å². The minimum absolute atomic E-state index is 1.20. The van der Waals surface area contributed by atoms with Crippen LogP contribution in [0.4, 0.5) is 0 Å². The van der Waals surface area contributed by atoms with Crippen LogP contribution in [-0.2, 0) is 0 Å². The van der Waals surface area contributed by atoms with Gasteiger partial charge in [-0.05, 0) is 16.8 Å². The maximum Gasteiger partial charge on any atom is 0.119 e. The summed E-state index contributed by atoms with van der Waals surface area (Å²) in [5.74, 6) is 0. The maximum absolute atomic E-state index is 4.01. The largest absolute Gasteiger partial charge is 0.264 e. The van der Waals surface area contributed by atoms with Crippen molar-refractivity contribution in [3.63, 3.8) is 0 Å². The molecule has 0 saturated heterocycles. The molecule has 2 aromatic heterocycles. The number of hydrogen-bond acceptors (Lipinski definition) is 4. The summed E-state index contributed by atoms with van der Waals surface area (Å²) in [6, 6.07) is 10.2. The molecular weight excluding hydrogens is 200 g/mol. The zero-order valence-corrected chi connectivity index (χ0v) is 8.56. The highest BCUT2D eigenvalue weighted by molar-refractivity contribution is 5.80. The number of nitrogens with zero attached hydrogens (tertiary/aromatic N) is 4. The second-order valence-electron chi connectivity index (χ2n) is 3.02. The Morgan fingerprint density at radius 3 is 1.81 bits per heavy atom. The van der Waals surface area contributed by atoms with E-state index >= 15 is 0 Å². The van der Waals surface area contributed by atoms with E-state index in [1.54, 1.807) is 0 Å². The van der Waals surface area contributed by atoms with E-state index < -0.39 is 0 Å². The third-order valence-corrected chi connectivity index (χ3v) is 1.95. The van der Waals surface area contributed by atoms with Gasteiger partial charge in [0.05, 0.1) is 0 Å². The fourth-order valence-corrected chi connectivity index (χ4v) is 1.23. The van der Waals surface area contributed by atoms with Gasteiger partial charge in [-0.15, -0.1) is 0 Å². The average Bonchev–Trinajstić information content (AvgIpc) is 2.42. The molecule has 0 aliphatic carbocycles. The fraction of sp³-hybridized carbons (Fsp3) is 0. The SMILES string of the molecule is c1ccc2cnccc2c1.c1ncncn1. The van der Waals surface area contributed by atoms with Crippen LogP contribution in [0.25, 0.3) is 10.8 Å². The second-order valence-corrected chi connectivity index (χ2v) is 3.02. The van der Waals surface area contributed by atoms with Crippen molar-refractivity contribution >= 4 is 10.8 Å². The zero-order valence-electron chi connectivity index (χ0n) is 8.56. The summed E-state index contributed by atoms with van der Waals surface area (Å²) >= 11 is 0. The van der Waals surface area contributed by atoms with Gasteiger partial charge in [-0.2, -0.15) is 0 Å². The van der Waals surface area contributed by atoms with E-state index in [-0.39, 0.29) is 0 Å². The summed E-state index contributed by atoms with van der Waals surface area (Å²) in [5.41, 5.74) is 0. The number of fused-ring (bicyclic) bond motifs is 1. The highest BCUT2D eigenvalue weighted by Crippen LogP contribution is 2.09. The molecule has 0 saturated carbocycles. The van der Waals surface area contributed by atoms with E-state index in [1.165, 1.54) is 29.8 Å². The van der Waals surface area contributed by atoms with Crippen molar-refractivity contribution in [2.45, 2.75) is 0 Å². The van der Waals surface area contributed by atoms with Crippen LogP contribution in [0, 0.1) is 0 Å². The lowest BCUT2D eigenvalue weighted by Gasteiger charge is -1.91. The first kappa shape index (κ1) is 10.2. The molecule has 0 radical (unpaired) electrons. The third kappa shape index (κ3) is 2.81. The van der Waals surface area contributed by atoms with E-state index in [0.717, 1.165) is 0 Å². The summed E-state index contributed by atoms with van der Waals surface area (Å²) < 4.78 is 0. The highest BCUT2D eigenvalue weighted by Gasteiger charge is 1.86. The van der Waals surface area contributed by atoms with Crippen molar-refractivity contribution in [2.24, 2.45) is 0 Å². The lowest BCUT2D eigenvalue weighted by Crippen LogP contribution is -1.73. The predicted octanol–water partition coefficient (Wildman–Crippen LogP) is 2.11. The quantitative estimate of drug-likeness (QED) is 0.570.